The van der Waals surface area contributed by atoms with E-state index in [1.165, 1.54) is 16.7 Å². The Labute approximate surface area is 109 Å². The lowest BCUT2D eigenvalue weighted by atomic mass is 10.0. The van der Waals surface area contributed by atoms with Gasteiger partial charge in [0.15, 0.2) is 0 Å². The summed E-state index contributed by atoms with van der Waals surface area (Å²) in [4.78, 5) is 0. The first-order valence-electron chi connectivity index (χ1n) is 6.61. The SMILES string of the molecule is OCCCc1cccc(CCc2ccccc2)c1. The largest absolute Gasteiger partial charge is 0.396 e. The summed E-state index contributed by atoms with van der Waals surface area (Å²) in [6, 6.07) is 19.3. The molecule has 0 saturated carbocycles. The van der Waals surface area contributed by atoms with E-state index >= 15 is 0 Å². The maximum absolute atomic E-state index is 8.85. The molecule has 2 aromatic rings. The van der Waals surface area contributed by atoms with E-state index in [1.54, 1.807) is 0 Å². The normalized spacial score (nSPS) is 10.5. The van der Waals surface area contributed by atoms with E-state index in [2.05, 4.69) is 54.6 Å². The zero-order chi connectivity index (χ0) is 12.6. The Morgan fingerprint density at radius 3 is 2.00 bits per heavy atom. The van der Waals surface area contributed by atoms with Crippen molar-refractivity contribution in [3.63, 3.8) is 0 Å². The molecule has 94 valence electrons. The summed E-state index contributed by atoms with van der Waals surface area (Å²) in [5, 5.41) is 8.85. The Morgan fingerprint density at radius 1 is 0.667 bits per heavy atom. The molecule has 0 saturated heterocycles. The molecule has 2 aromatic carbocycles. The second-order valence-corrected chi connectivity index (χ2v) is 4.63. The van der Waals surface area contributed by atoms with Crippen molar-refractivity contribution >= 4 is 0 Å². The first-order valence-corrected chi connectivity index (χ1v) is 6.61. The van der Waals surface area contributed by atoms with Crippen LogP contribution in [0.25, 0.3) is 0 Å². The fourth-order valence-corrected chi connectivity index (χ4v) is 2.16. The molecular weight excluding hydrogens is 220 g/mol. The molecule has 1 nitrogen and oxygen atoms in total. The van der Waals surface area contributed by atoms with Gasteiger partial charge in [-0.05, 0) is 42.4 Å². The summed E-state index contributed by atoms with van der Waals surface area (Å²) in [5.41, 5.74) is 4.10. The predicted octanol–water partition coefficient (Wildman–Crippen LogP) is 3.40. The molecule has 0 amide bonds. The van der Waals surface area contributed by atoms with Gasteiger partial charge >= 0.3 is 0 Å². The van der Waals surface area contributed by atoms with Crippen LogP contribution in [0.1, 0.15) is 23.1 Å². The highest BCUT2D eigenvalue weighted by Crippen LogP contribution is 2.11. The van der Waals surface area contributed by atoms with Gasteiger partial charge < -0.3 is 5.11 Å². The van der Waals surface area contributed by atoms with E-state index in [4.69, 9.17) is 5.11 Å². The van der Waals surface area contributed by atoms with E-state index in [-0.39, 0.29) is 6.61 Å². The standard InChI is InChI=1S/C17H20O/c18-13-5-10-16-8-4-9-17(14-16)12-11-15-6-2-1-3-7-15/h1-4,6-9,14,18H,5,10-13H2. The quantitative estimate of drug-likeness (QED) is 0.820. The van der Waals surface area contributed by atoms with Crippen LogP contribution in [0.4, 0.5) is 0 Å². The van der Waals surface area contributed by atoms with Gasteiger partial charge in [-0.3, -0.25) is 0 Å². The number of hydrogen-bond donors (Lipinski definition) is 1. The minimum absolute atomic E-state index is 0.272. The van der Waals surface area contributed by atoms with Crippen molar-refractivity contribution in [1.29, 1.82) is 0 Å². The molecule has 0 aliphatic carbocycles. The van der Waals surface area contributed by atoms with Gasteiger partial charge in [0.1, 0.15) is 0 Å². The van der Waals surface area contributed by atoms with Crippen molar-refractivity contribution in [2.75, 3.05) is 6.61 Å². The fraction of sp³-hybridized carbons (Fsp3) is 0.294. The van der Waals surface area contributed by atoms with Crippen LogP contribution in [0.5, 0.6) is 0 Å². The molecule has 0 fully saturated rings. The van der Waals surface area contributed by atoms with E-state index in [1.807, 2.05) is 0 Å². The van der Waals surface area contributed by atoms with Crippen molar-refractivity contribution in [2.24, 2.45) is 0 Å². The second kappa shape index (κ2) is 6.97. The third-order valence-corrected chi connectivity index (χ3v) is 3.16. The average Bonchev–Trinajstić information content (AvgIpc) is 2.44. The summed E-state index contributed by atoms with van der Waals surface area (Å²) in [5.74, 6) is 0. The number of benzene rings is 2. The van der Waals surface area contributed by atoms with Gasteiger partial charge in [0, 0.05) is 6.61 Å². The van der Waals surface area contributed by atoms with Gasteiger partial charge in [0.25, 0.3) is 0 Å². The van der Waals surface area contributed by atoms with E-state index in [0.717, 1.165) is 25.7 Å². The summed E-state index contributed by atoms with van der Waals surface area (Å²) < 4.78 is 0. The molecule has 0 spiro atoms. The van der Waals surface area contributed by atoms with Gasteiger partial charge in [0.2, 0.25) is 0 Å². The zero-order valence-electron chi connectivity index (χ0n) is 10.7. The smallest absolute Gasteiger partial charge is 0.0434 e. The van der Waals surface area contributed by atoms with Crippen LogP contribution in [0.15, 0.2) is 54.6 Å². The van der Waals surface area contributed by atoms with Crippen molar-refractivity contribution in [1.82, 2.24) is 0 Å². The Balaban J connectivity index is 1.93. The highest BCUT2D eigenvalue weighted by atomic mass is 16.2. The average molecular weight is 240 g/mol. The molecule has 0 unspecified atom stereocenters. The third kappa shape index (κ3) is 4.01. The number of aliphatic hydroxyl groups excluding tert-OH is 1. The molecule has 0 aromatic heterocycles. The van der Waals surface area contributed by atoms with Crippen LogP contribution in [0, 0.1) is 0 Å². The second-order valence-electron chi connectivity index (χ2n) is 4.63. The molecule has 0 aliphatic rings. The first kappa shape index (κ1) is 12.8. The number of aliphatic hydroxyl groups is 1. The molecule has 1 N–H and O–H groups in total. The molecule has 18 heavy (non-hydrogen) atoms. The molecule has 0 radical (unpaired) electrons. The van der Waals surface area contributed by atoms with Crippen molar-refractivity contribution in [3.05, 3.63) is 71.3 Å². The van der Waals surface area contributed by atoms with Gasteiger partial charge in [0.05, 0.1) is 0 Å². The molecule has 0 atom stereocenters. The Hall–Kier alpha value is -1.60. The van der Waals surface area contributed by atoms with Gasteiger partial charge in [-0.1, -0.05) is 54.6 Å². The third-order valence-electron chi connectivity index (χ3n) is 3.16. The highest BCUT2D eigenvalue weighted by molar-refractivity contribution is 5.25. The lowest BCUT2D eigenvalue weighted by Gasteiger charge is -2.05. The number of aryl methyl sites for hydroxylation is 3. The van der Waals surface area contributed by atoms with Crippen molar-refractivity contribution in [2.45, 2.75) is 25.7 Å². The maximum atomic E-state index is 8.85. The number of rotatable bonds is 6. The van der Waals surface area contributed by atoms with Crippen LogP contribution in [0.3, 0.4) is 0 Å². The Morgan fingerprint density at radius 2 is 1.28 bits per heavy atom. The van der Waals surface area contributed by atoms with E-state index in [0.29, 0.717) is 0 Å². The van der Waals surface area contributed by atoms with E-state index < -0.39 is 0 Å². The summed E-state index contributed by atoms with van der Waals surface area (Å²) in [7, 11) is 0. The lowest BCUT2D eigenvalue weighted by Crippen LogP contribution is -1.94. The molecule has 2 rings (SSSR count). The maximum Gasteiger partial charge on any atom is 0.0434 e. The zero-order valence-corrected chi connectivity index (χ0v) is 10.7. The molecular formula is C17H20O. The van der Waals surface area contributed by atoms with E-state index in [9.17, 15) is 0 Å². The Kier molecular flexibility index (Phi) is 4.98. The van der Waals surface area contributed by atoms with Gasteiger partial charge in [-0.15, -0.1) is 0 Å². The lowest BCUT2D eigenvalue weighted by molar-refractivity contribution is 0.288. The minimum Gasteiger partial charge on any atom is -0.396 e. The van der Waals surface area contributed by atoms with Crippen LogP contribution in [0.2, 0.25) is 0 Å². The van der Waals surface area contributed by atoms with Crippen LogP contribution >= 0.6 is 0 Å². The van der Waals surface area contributed by atoms with Crippen LogP contribution in [-0.2, 0) is 19.3 Å². The highest BCUT2D eigenvalue weighted by Gasteiger charge is 1.98. The van der Waals surface area contributed by atoms with Gasteiger partial charge in [-0.25, -0.2) is 0 Å². The van der Waals surface area contributed by atoms with Crippen LogP contribution < -0.4 is 0 Å². The minimum atomic E-state index is 0.272. The molecule has 1 heteroatoms. The monoisotopic (exact) mass is 240 g/mol. The summed E-state index contributed by atoms with van der Waals surface area (Å²) in [6.45, 7) is 0.272. The predicted molar refractivity (Wildman–Crippen MR) is 75.7 cm³/mol. The molecule has 0 bridgehead atoms. The van der Waals surface area contributed by atoms with Crippen LogP contribution in [-0.4, -0.2) is 11.7 Å². The summed E-state index contributed by atoms with van der Waals surface area (Å²) >= 11 is 0. The first-order chi connectivity index (χ1) is 8.88. The summed E-state index contributed by atoms with van der Waals surface area (Å²) in [6.07, 6.45) is 3.99. The van der Waals surface area contributed by atoms with Crippen molar-refractivity contribution in [3.8, 4) is 0 Å². The molecule has 0 heterocycles. The Bertz CT molecular complexity index is 462. The topological polar surface area (TPSA) is 20.2 Å². The number of hydrogen-bond acceptors (Lipinski definition) is 1. The van der Waals surface area contributed by atoms with Gasteiger partial charge in [-0.2, -0.15) is 0 Å². The fourth-order valence-electron chi connectivity index (χ4n) is 2.16. The molecule has 0 aliphatic heterocycles. The van der Waals surface area contributed by atoms with Crippen molar-refractivity contribution < 1.29 is 5.11 Å².